The van der Waals surface area contributed by atoms with Crippen LogP contribution >= 0.6 is 11.3 Å². The van der Waals surface area contributed by atoms with Crippen molar-refractivity contribution < 1.29 is 9.59 Å². The van der Waals surface area contributed by atoms with Gasteiger partial charge in [-0.15, -0.1) is 11.3 Å². The lowest BCUT2D eigenvalue weighted by molar-refractivity contribution is -0.116. The minimum absolute atomic E-state index is 0.0393. The van der Waals surface area contributed by atoms with Gasteiger partial charge >= 0.3 is 0 Å². The molecule has 0 radical (unpaired) electrons. The maximum absolute atomic E-state index is 12.3. The zero-order valence-corrected chi connectivity index (χ0v) is 17.1. The van der Waals surface area contributed by atoms with Crippen LogP contribution in [0.15, 0.2) is 30.3 Å². The maximum atomic E-state index is 12.3. The number of piperazine rings is 1. The van der Waals surface area contributed by atoms with Crippen LogP contribution in [0.1, 0.15) is 33.0 Å². The molecule has 0 saturated carbocycles. The van der Waals surface area contributed by atoms with Crippen molar-refractivity contribution in [3.05, 3.63) is 45.6 Å². The van der Waals surface area contributed by atoms with Gasteiger partial charge in [0.1, 0.15) is 0 Å². The third-order valence-corrected chi connectivity index (χ3v) is 5.91. The van der Waals surface area contributed by atoms with Crippen LogP contribution in [0.3, 0.4) is 0 Å². The van der Waals surface area contributed by atoms with Gasteiger partial charge < -0.3 is 15.1 Å². The fraction of sp³-hybridized carbons (Fsp3) is 0.429. The molecule has 0 bridgehead atoms. The summed E-state index contributed by atoms with van der Waals surface area (Å²) in [4.78, 5) is 31.3. The minimum atomic E-state index is -0.125. The Bertz CT molecular complexity index is 805. The van der Waals surface area contributed by atoms with E-state index >= 15 is 0 Å². The summed E-state index contributed by atoms with van der Waals surface area (Å²) in [7, 11) is 2.14. The number of hydrogen-bond donors (Lipinski definition) is 1. The molecular weight excluding hydrogens is 358 g/mol. The molecule has 2 heterocycles. The molecule has 1 N–H and O–H groups in total. The van der Waals surface area contributed by atoms with E-state index in [0.29, 0.717) is 0 Å². The molecule has 0 unspecified atom stereocenters. The van der Waals surface area contributed by atoms with E-state index in [1.165, 1.54) is 5.69 Å². The predicted octanol–water partition coefficient (Wildman–Crippen LogP) is 3.72. The molecule has 0 aliphatic carbocycles. The summed E-state index contributed by atoms with van der Waals surface area (Å²) in [6.07, 6.45) is 0.440. The number of likely N-dealkylation sites (N-methyl/N-ethyl adjacent to an activating group) is 1. The summed E-state index contributed by atoms with van der Waals surface area (Å²) in [6.45, 7) is 8.11. The summed E-state index contributed by atoms with van der Waals surface area (Å²) in [5, 5.41) is 2.89. The number of nitrogens with zero attached hydrogens (tertiary/aromatic N) is 2. The molecule has 6 heteroatoms. The Morgan fingerprint density at radius 1 is 1.04 bits per heavy atom. The molecule has 1 aliphatic heterocycles. The Kier molecular flexibility index (Phi) is 6.29. The van der Waals surface area contributed by atoms with Crippen molar-refractivity contribution >= 4 is 34.4 Å². The Morgan fingerprint density at radius 2 is 1.70 bits per heavy atom. The average molecular weight is 386 g/mol. The number of ketones is 1. The molecule has 1 fully saturated rings. The largest absolute Gasteiger partial charge is 0.369 e. The zero-order chi connectivity index (χ0) is 19.4. The highest BCUT2D eigenvalue weighted by Crippen LogP contribution is 2.23. The lowest BCUT2D eigenvalue weighted by Gasteiger charge is -2.34. The molecule has 3 rings (SSSR count). The van der Waals surface area contributed by atoms with Crippen LogP contribution in [0, 0.1) is 13.8 Å². The molecule has 0 atom stereocenters. The van der Waals surface area contributed by atoms with Crippen LogP contribution in [0.2, 0.25) is 0 Å². The number of nitrogens with one attached hydrogen (secondary N) is 1. The smallest absolute Gasteiger partial charge is 0.224 e. The molecule has 144 valence electrons. The second kappa shape index (κ2) is 8.67. The van der Waals surface area contributed by atoms with E-state index in [1.54, 1.807) is 11.3 Å². The Hall–Kier alpha value is -2.18. The lowest BCUT2D eigenvalue weighted by atomic mass is 10.1. The SMILES string of the molecule is Cc1cc(C(=O)CCC(=O)Nc2ccc(N3CCN(C)CC3)cc2)c(C)s1. The van der Waals surface area contributed by atoms with E-state index in [4.69, 9.17) is 0 Å². The summed E-state index contributed by atoms with van der Waals surface area (Å²) in [5.74, 6) is -0.0854. The maximum Gasteiger partial charge on any atom is 0.224 e. The molecule has 1 aliphatic rings. The molecule has 1 amide bonds. The summed E-state index contributed by atoms with van der Waals surface area (Å²) in [6, 6.07) is 9.87. The van der Waals surface area contributed by atoms with Gasteiger partial charge in [-0.2, -0.15) is 0 Å². The minimum Gasteiger partial charge on any atom is -0.369 e. The van der Waals surface area contributed by atoms with E-state index in [2.05, 4.69) is 22.2 Å². The van der Waals surface area contributed by atoms with Gasteiger partial charge in [0, 0.05) is 65.7 Å². The number of carbonyl (C=O) groups excluding carboxylic acids is 2. The fourth-order valence-corrected chi connectivity index (χ4v) is 4.26. The first-order valence-electron chi connectivity index (χ1n) is 9.36. The second-order valence-corrected chi connectivity index (χ2v) is 8.60. The van der Waals surface area contributed by atoms with Gasteiger partial charge in [-0.05, 0) is 51.2 Å². The molecule has 5 nitrogen and oxygen atoms in total. The zero-order valence-electron chi connectivity index (χ0n) is 16.2. The number of Topliss-reactive ketones (excluding diaryl/α,β-unsaturated/α-hetero) is 1. The van der Waals surface area contributed by atoms with Crippen molar-refractivity contribution in [3.63, 3.8) is 0 Å². The van der Waals surface area contributed by atoms with E-state index < -0.39 is 0 Å². The van der Waals surface area contributed by atoms with Gasteiger partial charge in [0.05, 0.1) is 0 Å². The topological polar surface area (TPSA) is 52.7 Å². The molecule has 0 spiro atoms. The first-order valence-corrected chi connectivity index (χ1v) is 10.2. The van der Waals surface area contributed by atoms with E-state index in [9.17, 15) is 9.59 Å². The van der Waals surface area contributed by atoms with Crippen LogP contribution in [-0.2, 0) is 4.79 Å². The van der Waals surface area contributed by atoms with E-state index in [-0.39, 0.29) is 24.5 Å². The number of anilines is 2. The fourth-order valence-electron chi connectivity index (χ4n) is 3.31. The third kappa shape index (κ3) is 5.17. The monoisotopic (exact) mass is 385 g/mol. The summed E-state index contributed by atoms with van der Waals surface area (Å²) < 4.78 is 0. The second-order valence-electron chi connectivity index (χ2n) is 7.14. The highest BCUT2D eigenvalue weighted by atomic mass is 32.1. The Morgan fingerprint density at radius 3 is 2.30 bits per heavy atom. The number of amides is 1. The van der Waals surface area contributed by atoms with Crippen LogP contribution in [0.4, 0.5) is 11.4 Å². The van der Waals surface area contributed by atoms with Gasteiger partial charge in [-0.3, -0.25) is 9.59 Å². The van der Waals surface area contributed by atoms with Crippen molar-refractivity contribution in [1.82, 2.24) is 4.90 Å². The highest BCUT2D eigenvalue weighted by molar-refractivity contribution is 7.12. The molecule has 2 aromatic rings. The predicted molar refractivity (Wildman–Crippen MR) is 112 cm³/mol. The number of benzene rings is 1. The first kappa shape index (κ1) is 19.6. The van der Waals surface area contributed by atoms with Crippen LogP contribution in [0.5, 0.6) is 0 Å². The first-order chi connectivity index (χ1) is 12.9. The molecule has 1 aromatic carbocycles. The van der Waals surface area contributed by atoms with Gasteiger partial charge in [0.15, 0.2) is 5.78 Å². The highest BCUT2D eigenvalue weighted by Gasteiger charge is 2.15. The van der Waals surface area contributed by atoms with Crippen molar-refractivity contribution in [2.75, 3.05) is 43.4 Å². The van der Waals surface area contributed by atoms with Gasteiger partial charge in [-0.1, -0.05) is 0 Å². The van der Waals surface area contributed by atoms with Gasteiger partial charge in [0.2, 0.25) is 5.91 Å². The third-order valence-electron chi connectivity index (χ3n) is 4.94. The van der Waals surface area contributed by atoms with Crippen molar-refractivity contribution in [2.45, 2.75) is 26.7 Å². The number of thiophene rings is 1. The average Bonchev–Trinajstić information content (AvgIpc) is 2.99. The summed E-state index contributed by atoms with van der Waals surface area (Å²) in [5.41, 5.74) is 2.70. The molecule has 1 saturated heterocycles. The number of carbonyl (C=O) groups is 2. The van der Waals surface area contributed by atoms with Crippen LogP contribution in [0.25, 0.3) is 0 Å². The molecule has 27 heavy (non-hydrogen) atoms. The van der Waals surface area contributed by atoms with Crippen molar-refractivity contribution in [1.29, 1.82) is 0 Å². The van der Waals surface area contributed by atoms with Crippen LogP contribution < -0.4 is 10.2 Å². The van der Waals surface area contributed by atoms with E-state index in [1.807, 2.05) is 44.2 Å². The number of rotatable bonds is 6. The van der Waals surface area contributed by atoms with Crippen molar-refractivity contribution in [3.8, 4) is 0 Å². The normalized spacial score (nSPS) is 15.0. The van der Waals surface area contributed by atoms with Gasteiger partial charge in [0.25, 0.3) is 0 Å². The number of hydrogen-bond acceptors (Lipinski definition) is 5. The quantitative estimate of drug-likeness (QED) is 0.770. The Balaban J connectivity index is 1.49. The lowest BCUT2D eigenvalue weighted by Crippen LogP contribution is -2.44. The Labute approximate surface area is 165 Å². The van der Waals surface area contributed by atoms with Gasteiger partial charge in [-0.25, -0.2) is 0 Å². The van der Waals surface area contributed by atoms with Crippen LogP contribution in [-0.4, -0.2) is 49.8 Å². The molecular formula is C21H27N3O2S. The standard InChI is InChI=1S/C21H27N3O2S/c1-15-14-19(16(2)27-15)20(25)8-9-21(26)22-17-4-6-18(7-5-17)24-12-10-23(3)11-13-24/h4-7,14H,8-13H2,1-3H3,(H,22,26). The number of aryl methyl sites for hydroxylation is 2. The van der Waals surface area contributed by atoms with E-state index in [0.717, 1.165) is 47.2 Å². The summed E-state index contributed by atoms with van der Waals surface area (Å²) >= 11 is 1.62. The molecule has 1 aromatic heterocycles. The van der Waals surface area contributed by atoms with Crippen molar-refractivity contribution in [2.24, 2.45) is 0 Å².